The van der Waals surface area contributed by atoms with E-state index in [1.165, 1.54) is 6.07 Å². The molecule has 6 nitrogen and oxygen atoms in total. The van der Waals surface area contributed by atoms with Crippen LogP contribution in [0.1, 0.15) is 32.8 Å². The van der Waals surface area contributed by atoms with Gasteiger partial charge in [0.25, 0.3) is 5.69 Å². The first-order chi connectivity index (χ1) is 9.35. The smallest absolute Gasteiger partial charge is 0.269 e. The van der Waals surface area contributed by atoms with E-state index in [1.807, 2.05) is 7.05 Å². The molecule has 0 aliphatic heterocycles. The largest absolute Gasteiger partial charge is 0.324 e. The molecule has 0 aliphatic carbocycles. The van der Waals surface area contributed by atoms with Crippen LogP contribution in [0.15, 0.2) is 18.2 Å². The lowest BCUT2D eigenvalue weighted by molar-refractivity contribution is -0.384. The van der Waals surface area contributed by atoms with Gasteiger partial charge in [-0.15, -0.1) is 0 Å². The lowest BCUT2D eigenvalue weighted by Gasteiger charge is -2.26. The van der Waals surface area contributed by atoms with Gasteiger partial charge in [0.05, 0.1) is 10.6 Å². The SMILES string of the molecule is CC(C)CC(C)N(C)Cc1cc([N+](=O)[O-])ccc1NN. The molecular weight excluding hydrogens is 256 g/mol. The van der Waals surface area contributed by atoms with Gasteiger partial charge in [0.2, 0.25) is 0 Å². The fraction of sp³-hybridized carbons (Fsp3) is 0.571. The molecule has 0 spiro atoms. The van der Waals surface area contributed by atoms with Gasteiger partial charge in [0.1, 0.15) is 0 Å². The Balaban J connectivity index is 2.89. The Kier molecular flexibility index (Phi) is 5.91. The van der Waals surface area contributed by atoms with Gasteiger partial charge in [0, 0.05) is 24.7 Å². The second kappa shape index (κ2) is 7.21. The zero-order valence-electron chi connectivity index (χ0n) is 12.6. The molecule has 0 aliphatic rings. The monoisotopic (exact) mass is 280 g/mol. The quantitative estimate of drug-likeness (QED) is 0.456. The number of anilines is 1. The van der Waals surface area contributed by atoms with E-state index in [0.717, 1.165) is 17.7 Å². The van der Waals surface area contributed by atoms with Crippen LogP contribution in [-0.2, 0) is 6.54 Å². The van der Waals surface area contributed by atoms with Crippen LogP contribution >= 0.6 is 0 Å². The van der Waals surface area contributed by atoms with Gasteiger partial charge in [-0.2, -0.15) is 0 Å². The molecule has 0 bridgehead atoms. The number of hydrogen-bond acceptors (Lipinski definition) is 5. The van der Waals surface area contributed by atoms with E-state index in [9.17, 15) is 10.1 Å². The third-order valence-corrected chi connectivity index (χ3v) is 3.44. The molecule has 0 saturated heterocycles. The third-order valence-electron chi connectivity index (χ3n) is 3.44. The number of nitrogens with one attached hydrogen (secondary N) is 1. The summed E-state index contributed by atoms with van der Waals surface area (Å²) >= 11 is 0. The van der Waals surface area contributed by atoms with Crippen molar-refractivity contribution in [3.8, 4) is 0 Å². The first-order valence-corrected chi connectivity index (χ1v) is 6.79. The van der Waals surface area contributed by atoms with Crippen molar-refractivity contribution >= 4 is 11.4 Å². The van der Waals surface area contributed by atoms with Crippen molar-refractivity contribution in [1.29, 1.82) is 0 Å². The minimum atomic E-state index is -0.388. The van der Waals surface area contributed by atoms with Gasteiger partial charge in [-0.05, 0) is 37.9 Å². The second-order valence-corrected chi connectivity index (χ2v) is 5.64. The van der Waals surface area contributed by atoms with Crippen LogP contribution in [0.3, 0.4) is 0 Å². The van der Waals surface area contributed by atoms with Gasteiger partial charge < -0.3 is 5.43 Å². The number of non-ortho nitro benzene ring substituents is 1. The maximum absolute atomic E-state index is 10.9. The first kappa shape index (κ1) is 16.4. The van der Waals surface area contributed by atoms with Crippen LogP contribution in [0.4, 0.5) is 11.4 Å². The average Bonchev–Trinajstić information content (AvgIpc) is 2.37. The zero-order chi connectivity index (χ0) is 15.3. The van der Waals surface area contributed by atoms with Gasteiger partial charge in [-0.1, -0.05) is 13.8 Å². The van der Waals surface area contributed by atoms with E-state index in [-0.39, 0.29) is 10.6 Å². The normalized spacial score (nSPS) is 12.8. The summed E-state index contributed by atoms with van der Waals surface area (Å²) < 4.78 is 0. The van der Waals surface area contributed by atoms with E-state index in [0.29, 0.717) is 18.5 Å². The van der Waals surface area contributed by atoms with Gasteiger partial charge in [-0.25, -0.2) is 0 Å². The minimum Gasteiger partial charge on any atom is -0.324 e. The molecule has 0 radical (unpaired) electrons. The Morgan fingerprint density at radius 1 is 1.40 bits per heavy atom. The highest BCUT2D eigenvalue weighted by Crippen LogP contribution is 2.23. The highest BCUT2D eigenvalue weighted by atomic mass is 16.6. The predicted molar refractivity (Wildman–Crippen MR) is 81.3 cm³/mol. The van der Waals surface area contributed by atoms with Crippen LogP contribution in [-0.4, -0.2) is 22.9 Å². The standard InChI is InChI=1S/C14H24N4O2/c1-10(2)7-11(3)17(4)9-12-8-13(18(19)20)5-6-14(12)16-15/h5-6,8,10-11,16H,7,9,15H2,1-4H3. The number of nitrogens with two attached hydrogens (primary N) is 1. The summed E-state index contributed by atoms with van der Waals surface area (Å²) in [7, 11) is 2.02. The Hall–Kier alpha value is -1.66. The van der Waals surface area contributed by atoms with Crippen LogP contribution in [0, 0.1) is 16.0 Å². The molecule has 1 unspecified atom stereocenters. The Labute approximate surface area is 120 Å². The summed E-state index contributed by atoms with van der Waals surface area (Å²) in [5.41, 5.74) is 4.24. The van der Waals surface area contributed by atoms with E-state index < -0.39 is 0 Å². The van der Waals surface area contributed by atoms with Gasteiger partial charge >= 0.3 is 0 Å². The fourth-order valence-corrected chi connectivity index (χ4v) is 2.25. The number of nitrogen functional groups attached to an aromatic ring is 1. The Morgan fingerprint density at radius 3 is 2.55 bits per heavy atom. The molecule has 112 valence electrons. The highest BCUT2D eigenvalue weighted by molar-refractivity contribution is 5.55. The molecule has 0 heterocycles. The molecule has 20 heavy (non-hydrogen) atoms. The average molecular weight is 280 g/mol. The molecule has 0 amide bonds. The molecule has 1 rings (SSSR count). The maximum atomic E-state index is 10.9. The van der Waals surface area contributed by atoms with E-state index >= 15 is 0 Å². The molecule has 1 aromatic rings. The molecule has 1 aromatic carbocycles. The van der Waals surface area contributed by atoms with Gasteiger partial charge in [-0.3, -0.25) is 20.9 Å². The van der Waals surface area contributed by atoms with Crippen molar-refractivity contribution in [3.05, 3.63) is 33.9 Å². The number of hydrazine groups is 1. The third kappa shape index (κ3) is 4.47. The Bertz CT molecular complexity index is 462. The number of nitrogens with zero attached hydrogens (tertiary/aromatic N) is 2. The number of nitro benzene ring substituents is 1. The lowest BCUT2D eigenvalue weighted by Crippen LogP contribution is -2.30. The number of benzene rings is 1. The molecule has 0 saturated carbocycles. The number of rotatable bonds is 7. The van der Waals surface area contributed by atoms with Crippen molar-refractivity contribution in [2.45, 2.75) is 39.8 Å². The van der Waals surface area contributed by atoms with Crippen LogP contribution in [0.5, 0.6) is 0 Å². The Morgan fingerprint density at radius 2 is 2.05 bits per heavy atom. The van der Waals surface area contributed by atoms with E-state index in [4.69, 9.17) is 5.84 Å². The number of nitro groups is 1. The predicted octanol–water partition coefficient (Wildman–Crippen LogP) is 2.75. The van der Waals surface area contributed by atoms with Crippen LogP contribution in [0.2, 0.25) is 0 Å². The lowest BCUT2D eigenvalue weighted by atomic mass is 10.0. The van der Waals surface area contributed by atoms with Gasteiger partial charge in [0.15, 0.2) is 0 Å². The van der Waals surface area contributed by atoms with Crippen molar-refractivity contribution in [2.24, 2.45) is 11.8 Å². The maximum Gasteiger partial charge on any atom is 0.269 e. The summed E-state index contributed by atoms with van der Waals surface area (Å²) in [5, 5.41) is 10.9. The van der Waals surface area contributed by atoms with Crippen molar-refractivity contribution < 1.29 is 4.92 Å². The first-order valence-electron chi connectivity index (χ1n) is 6.79. The molecule has 0 aromatic heterocycles. The zero-order valence-corrected chi connectivity index (χ0v) is 12.6. The van der Waals surface area contributed by atoms with Crippen molar-refractivity contribution in [1.82, 2.24) is 4.90 Å². The van der Waals surface area contributed by atoms with E-state index in [1.54, 1.807) is 12.1 Å². The fourth-order valence-electron chi connectivity index (χ4n) is 2.25. The second-order valence-electron chi connectivity index (χ2n) is 5.64. The van der Waals surface area contributed by atoms with Crippen LogP contribution < -0.4 is 11.3 Å². The van der Waals surface area contributed by atoms with Crippen molar-refractivity contribution in [2.75, 3.05) is 12.5 Å². The summed E-state index contributed by atoms with van der Waals surface area (Å²) in [4.78, 5) is 12.7. The summed E-state index contributed by atoms with van der Waals surface area (Å²) in [5.74, 6) is 6.09. The summed E-state index contributed by atoms with van der Waals surface area (Å²) in [6.07, 6.45) is 1.08. The summed E-state index contributed by atoms with van der Waals surface area (Å²) in [6.45, 7) is 7.15. The molecule has 1 atom stereocenters. The van der Waals surface area contributed by atoms with E-state index in [2.05, 4.69) is 31.1 Å². The minimum absolute atomic E-state index is 0.0870. The number of hydrogen-bond donors (Lipinski definition) is 2. The van der Waals surface area contributed by atoms with Crippen LogP contribution in [0.25, 0.3) is 0 Å². The topological polar surface area (TPSA) is 84.4 Å². The molecular formula is C14H24N4O2. The molecule has 3 N–H and O–H groups in total. The molecule has 0 fully saturated rings. The summed E-state index contributed by atoms with van der Waals surface area (Å²) in [6, 6.07) is 5.08. The molecule has 6 heteroatoms. The van der Waals surface area contributed by atoms with Crippen molar-refractivity contribution in [3.63, 3.8) is 0 Å². The highest BCUT2D eigenvalue weighted by Gasteiger charge is 2.15.